The van der Waals surface area contributed by atoms with E-state index in [9.17, 15) is 18.7 Å². The Morgan fingerprint density at radius 2 is 2.31 bits per heavy atom. The first-order chi connectivity index (χ1) is 7.52. The Hall–Kier alpha value is -1.24. The van der Waals surface area contributed by atoms with Gasteiger partial charge in [0, 0.05) is 10.9 Å². The van der Waals surface area contributed by atoms with Crippen LogP contribution < -0.4 is 0 Å². The molecule has 0 saturated heterocycles. The van der Waals surface area contributed by atoms with Crippen LogP contribution in [0.4, 0.5) is 8.78 Å². The van der Waals surface area contributed by atoms with Crippen LogP contribution in [0, 0.1) is 0 Å². The van der Waals surface area contributed by atoms with Crippen molar-refractivity contribution >= 4 is 21.9 Å². The number of hydrogen-bond acceptors (Lipinski definition) is 4. The van der Waals surface area contributed by atoms with Crippen LogP contribution in [0.25, 0.3) is 0 Å². The highest BCUT2D eigenvalue weighted by Crippen LogP contribution is 2.30. The molecular formula is C9H8BrF2NO3. The van der Waals surface area contributed by atoms with Gasteiger partial charge in [-0.25, -0.2) is 13.6 Å². The van der Waals surface area contributed by atoms with E-state index in [1.54, 1.807) is 0 Å². The van der Waals surface area contributed by atoms with Crippen molar-refractivity contribution in [1.29, 1.82) is 0 Å². The van der Waals surface area contributed by atoms with Gasteiger partial charge in [-0.3, -0.25) is 4.98 Å². The van der Waals surface area contributed by atoms with E-state index in [1.165, 1.54) is 0 Å². The molecule has 0 amide bonds. The van der Waals surface area contributed by atoms with Crippen LogP contribution in [0.1, 0.15) is 28.0 Å². The number of hydrogen-bond donors (Lipinski definition) is 1. The van der Waals surface area contributed by atoms with Gasteiger partial charge in [-0.15, -0.1) is 0 Å². The van der Waals surface area contributed by atoms with Crippen molar-refractivity contribution in [3.8, 4) is 5.75 Å². The zero-order chi connectivity index (χ0) is 12.3. The third-order valence-electron chi connectivity index (χ3n) is 1.92. The third kappa shape index (κ3) is 2.29. The van der Waals surface area contributed by atoms with E-state index >= 15 is 0 Å². The van der Waals surface area contributed by atoms with E-state index in [2.05, 4.69) is 25.7 Å². The van der Waals surface area contributed by atoms with Crippen LogP contribution in [-0.2, 0) is 10.1 Å². The molecule has 1 N–H and O–H groups in total. The van der Waals surface area contributed by atoms with E-state index in [1.807, 2.05) is 0 Å². The number of nitrogens with zero attached hydrogens (tertiary/aromatic N) is 1. The third-order valence-corrected chi connectivity index (χ3v) is 2.48. The van der Waals surface area contributed by atoms with Gasteiger partial charge in [-0.2, -0.15) is 0 Å². The molecule has 7 heteroatoms. The Bertz CT molecular complexity index is 412. The normalized spacial score (nSPS) is 10.6. The molecule has 0 bridgehead atoms. The average molecular weight is 296 g/mol. The summed E-state index contributed by atoms with van der Waals surface area (Å²) in [6, 6.07) is 0. The van der Waals surface area contributed by atoms with Crippen LogP contribution in [0.5, 0.6) is 5.75 Å². The van der Waals surface area contributed by atoms with Crippen LogP contribution in [-0.4, -0.2) is 23.2 Å². The summed E-state index contributed by atoms with van der Waals surface area (Å²) >= 11 is 2.97. The molecule has 0 atom stereocenters. The van der Waals surface area contributed by atoms with Gasteiger partial charge in [0.2, 0.25) is 0 Å². The summed E-state index contributed by atoms with van der Waals surface area (Å²) in [5.41, 5.74) is -0.901. The molecule has 0 radical (unpaired) electrons. The molecule has 0 aromatic carbocycles. The molecule has 0 aliphatic heterocycles. The molecule has 1 heterocycles. The Labute approximate surface area is 98.4 Å². The number of alkyl halides is 3. The van der Waals surface area contributed by atoms with Crippen molar-refractivity contribution in [1.82, 2.24) is 4.98 Å². The highest BCUT2D eigenvalue weighted by atomic mass is 79.9. The molecule has 0 saturated carbocycles. The van der Waals surface area contributed by atoms with E-state index in [-0.39, 0.29) is 16.5 Å². The van der Waals surface area contributed by atoms with Gasteiger partial charge in [0.15, 0.2) is 0 Å². The number of aromatic hydroxyl groups is 1. The SMILES string of the molecule is COC(=O)c1c(O)cnc(C(F)F)c1CBr. The Kier molecular flexibility index (Phi) is 4.17. The second-order valence-electron chi connectivity index (χ2n) is 2.81. The molecule has 0 unspecified atom stereocenters. The second kappa shape index (κ2) is 5.20. The summed E-state index contributed by atoms with van der Waals surface area (Å²) in [5.74, 6) is -1.36. The Balaban J connectivity index is 3.44. The summed E-state index contributed by atoms with van der Waals surface area (Å²) in [4.78, 5) is 14.7. The number of carbonyl (C=O) groups excluding carboxylic acids is 1. The predicted octanol–water partition coefficient (Wildman–Crippen LogP) is 2.41. The van der Waals surface area contributed by atoms with E-state index in [4.69, 9.17) is 0 Å². The maximum atomic E-state index is 12.6. The summed E-state index contributed by atoms with van der Waals surface area (Å²) in [7, 11) is 1.10. The zero-order valence-corrected chi connectivity index (χ0v) is 9.79. The minimum Gasteiger partial charge on any atom is -0.505 e. The number of halogens is 3. The van der Waals surface area contributed by atoms with E-state index < -0.39 is 23.8 Å². The molecule has 1 rings (SSSR count). The van der Waals surface area contributed by atoms with Crippen molar-refractivity contribution in [3.05, 3.63) is 23.0 Å². The number of ether oxygens (including phenoxy) is 1. The molecule has 1 aromatic heterocycles. The lowest BCUT2D eigenvalue weighted by atomic mass is 10.1. The van der Waals surface area contributed by atoms with Crippen molar-refractivity contribution < 1.29 is 23.4 Å². The highest BCUT2D eigenvalue weighted by molar-refractivity contribution is 9.08. The van der Waals surface area contributed by atoms with Crippen LogP contribution in [0.3, 0.4) is 0 Å². The fourth-order valence-corrected chi connectivity index (χ4v) is 1.78. The Morgan fingerprint density at radius 1 is 1.69 bits per heavy atom. The van der Waals surface area contributed by atoms with Gasteiger partial charge in [-0.1, -0.05) is 15.9 Å². The fourth-order valence-electron chi connectivity index (χ4n) is 1.21. The highest BCUT2D eigenvalue weighted by Gasteiger charge is 2.24. The summed E-state index contributed by atoms with van der Waals surface area (Å²) in [6.45, 7) is 0. The molecular weight excluding hydrogens is 288 g/mol. The number of pyridine rings is 1. The molecule has 0 spiro atoms. The van der Waals surface area contributed by atoms with Gasteiger partial charge < -0.3 is 9.84 Å². The van der Waals surface area contributed by atoms with Gasteiger partial charge in [0.25, 0.3) is 6.43 Å². The number of methoxy groups -OCH3 is 1. The average Bonchev–Trinajstić information content (AvgIpc) is 2.26. The number of carbonyl (C=O) groups is 1. The van der Waals surface area contributed by atoms with Crippen molar-refractivity contribution in [3.63, 3.8) is 0 Å². The van der Waals surface area contributed by atoms with Gasteiger partial charge in [0.1, 0.15) is 17.0 Å². The zero-order valence-electron chi connectivity index (χ0n) is 8.21. The largest absolute Gasteiger partial charge is 0.505 e. The molecule has 0 aliphatic carbocycles. The standard InChI is InChI=1S/C9H8BrF2NO3/c1-16-9(15)6-4(2-10)7(8(11)12)13-3-5(6)14/h3,8,14H,2H2,1H3. The topological polar surface area (TPSA) is 59.4 Å². The first-order valence-electron chi connectivity index (χ1n) is 4.16. The quantitative estimate of drug-likeness (QED) is 0.687. The molecule has 88 valence electrons. The van der Waals surface area contributed by atoms with Crippen molar-refractivity contribution in [2.24, 2.45) is 0 Å². The van der Waals surface area contributed by atoms with E-state index in [0.29, 0.717) is 0 Å². The molecule has 1 aromatic rings. The Morgan fingerprint density at radius 3 is 2.75 bits per heavy atom. The second-order valence-corrected chi connectivity index (χ2v) is 3.37. The summed E-state index contributed by atoms with van der Waals surface area (Å²) < 4.78 is 29.6. The lowest BCUT2D eigenvalue weighted by molar-refractivity contribution is 0.0595. The van der Waals surface area contributed by atoms with Gasteiger partial charge in [0.05, 0.1) is 13.3 Å². The minimum atomic E-state index is -2.82. The number of aromatic nitrogens is 1. The monoisotopic (exact) mass is 295 g/mol. The molecule has 0 aliphatic rings. The van der Waals surface area contributed by atoms with Gasteiger partial charge >= 0.3 is 5.97 Å². The first kappa shape index (κ1) is 12.8. The van der Waals surface area contributed by atoms with Crippen LogP contribution in [0.15, 0.2) is 6.20 Å². The number of esters is 1. The van der Waals surface area contributed by atoms with Crippen LogP contribution in [0.2, 0.25) is 0 Å². The number of rotatable bonds is 3. The predicted molar refractivity (Wildman–Crippen MR) is 54.8 cm³/mol. The lowest BCUT2D eigenvalue weighted by Crippen LogP contribution is -2.09. The molecule has 16 heavy (non-hydrogen) atoms. The molecule has 4 nitrogen and oxygen atoms in total. The van der Waals surface area contributed by atoms with E-state index in [0.717, 1.165) is 13.3 Å². The maximum absolute atomic E-state index is 12.6. The van der Waals surface area contributed by atoms with Gasteiger partial charge in [-0.05, 0) is 0 Å². The van der Waals surface area contributed by atoms with Crippen LogP contribution >= 0.6 is 15.9 Å². The van der Waals surface area contributed by atoms with Crippen molar-refractivity contribution in [2.75, 3.05) is 7.11 Å². The lowest BCUT2D eigenvalue weighted by Gasteiger charge is -2.11. The smallest absolute Gasteiger partial charge is 0.342 e. The fraction of sp³-hybridized carbons (Fsp3) is 0.333. The first-order valence-corrected chi connectivity index (χ1v) is 5.28. The molecule has 0 fully saturated rings. The minimum absolute atomic E-state index is 0.0293. The summed E-state index contributed by atoms with van der Waals surface area (Å²) in [5, 5.41) is 9.37. The maximum Gasteiger partial charge on any atom is 0.342 e. The summed E-state index contributed by atoms with van der Waals surface area (Å²) in [6.07, 6.45) is -2.02. The van der Waals surface area contributed by atoms with Crippen molar-refractivity contribution in [2.45, 2.75) is 11.8 Å².